The molecule has 1 aromatic carbocycles. The molecule has 0 aliphatic heterocycles. The van der Waals surface area contributed by atoms with E-state index in [9.17, 15) is 14.7 Å². The number of aromatic carboxylic acids is 2. The molecule has 15 heavy (non-hydrogen) atoms. The van der Waals surface area contributed by atoms with Gasteiger partial charge in [-0.1, -0.05) is 17.7 Å². The summed E-state index contributed by atoms with van der Waals surface area (Å²) in [6.45, 7) is 0. The first-order chi connectivity index (χ1) is 6.02. The molecule has 0 unspecified atom stereocenters. The van der Waals surface area contributed by atoms with Crippen LogP contribution in [0.4, 0.5) is 0 Å². The van der Waals surface area contributed by atoms with Crippen LogP contribution in [0.2, 0.25) is 5.02 Å². The van der Waals surface area contributed by atoms with Crippen molar-refractivity contribution in [2.75, 3.05) is 0 Å². The molecular formula is C8H5Cl2NaO4. The third kappa shape index (κ3) is 4.40. The van der Waals surface area contributed by atoms with Gasteiger partial charge in [0.25, 0.3) is 0 Å². The third-order valence-electron chi connectivity index (χ3n) is 1.43. The Labute approximate surface area is 119 Å². The van der Waals surface area contributed by atoms with E-state index in [0.29, 0.717) is 0 Å². The average molecular weight is 259 g/mol. The van der Waals surface area contributed by atoms with Crippen molar-refractivity contribution in [2.24, 2.45) is 0 Å². The Morgan fingerprint density at radius 2 is 1.80 bits per heavy atom. The first-order valence-corrected chi connectivity index (χ1v) is 3.64. The molecule has 1 aromatic rings. The van der Waals surface area contributed by atoms with Crippen LogP contribution in [0.5, 0.6) is 0 Å². The molecule has 0 aromatic heterocycles. The van der Waals surface area contributed by atoms with Crippen molar-refractivity contribution in [1.82, 2.24) is 0 Å². The van der Waals surface area contributed by atoms with Crippen molar-refractivity contribution in [1.29, 1.82) is 0 Å². The van der Waals surface area contributed by atoms with Gasteiger partial charge in [-0.2, -0.15) is 0 Å². The van der Waals surface area contributed by atoms with Crippen LogP contribution in [0.15, 0.2) is 18.2 Å². The average Bonchev–Trinajstić information content (AvgIpc) is 2.03. The fourth-order valence-corrected chi connectivity index (χ4v) is 1.04. The van der Waals surface area contributed by atoms with Crippen molar-refractivity contribution in [3.63, 3.8) is 0 Å². The minimum Gasteiger partial charge on any atom is -0.545 e. The number of carbonyl (C=O) groups is 2. The van der Waals surface area contributed by atoms with E-state index in [1.165, 1.54) is 6.07 Å². The van der Waals surface area contributed by atoms with Crippen molar-refractivity contribution in [3.05, 3.63) is 34.3 Å². The molecule has 0 spiro atoms. The monoisotopic (exact) mass is 258 g/mol. The summed E-state index contributed by atoms with van der Waals surface area (Å²) in [6.07, 6.45) is 0. The quantitative estimate of drug-likeness (QED) is 0.613. The molecule has 0 bridgehead atoms. The van der Waals surface area contributed by atoms with Gasteiger partial charge in [0.05, 0.1) is 11.5 Å². The summed E-state index contributed by atoms with van der Waals surface area (Å²) in [5.41, 5.74) is -0.746. The van der Waals surface area contributed by atoms with E-state index in [0.717, 1.165) is 12.1 Å². The SMILES string of the molecule is Cl.O=C([O-])c1ccc(Cl)cc1C(=O)O.[Na+]. The predicted octanol–water partition coefficient (Wildman–Crippen LogP) is -2.17. The first kappa shape index (κ1) is 17.1. The van der Waals surface area contributed by atoms with Crippen LogP contribution in [0.25, 0.3) is 0 Å². The molecule has 0 atom stereocenters. The molecular weight excluding hydrogens is 254 g/mol. The Hall–Kier alpha value is -0.260. The molecule has 1 N–H and O–H groups in total. The van der Waals surface area contributed by atoms with E-state index in [2.05, 4.69) is 0 Å². The van der Waals surface area contributed by atoms with E-state index in [4.69, 9.17) is 16.7 Å². The predicted molar refractivity (Wildman–Crippen MR) is 50.0 cm³/mol. The smallest absolute Gasteiger partial charge is 0.545 e. The summed E-state index contributed by atoms with van der Waals surface area (Å²) in [7, 11) is 0. The van der Waals surface area contributed by atoms with Crippen LogP contribution < -0.4 is 34.7 Å². The Balaban J connectivity index is 0. The minimum atomic E-state index is -1.53. The maximum absolute atomic E-state index is 10.5. The molecule has 0 heterocycles. The summed E-state index contributed by atoms with van der Waals surface area (Å²) in [6, 6.07) is 3.45. The van der Waals surface area contributed by atoms with Gasteiger partial charge in [-0.15, -0.1) is 12.4 Å². The Kier molecular flexibility index (Phi) is 8.10. The summed E-state index contributed by atoms with van der Waals surface area (Å²) in [5.74, 6) is -2.88. The number of carboxylic acid groups (broad SMARTS) is 2. The number of halogens is 2. The summed E-state index contributed by atoms with van der Waals surface area (Å²) in [4.78, 5) is 20.9. The minimum absolute atomic E-state index is 0. The fourth-order valence-electron chi connectivity index (χ4n) is 0.871. The van der Waals surface area contributed by atoms with Crippen LogP contribution in [-0.2, 0) is 0 Å². The zero-order valence-corrected chi connectivity index (χ0v) is 11.3. The molecule has 0 saturated carbocycles. The van der Waals surface area contributed by atoms with Gasteiger partial charge in [0.1, 0.15) is 0 Å². The summed E-state index contributed by atoms with van der Waals surface area (Å²) < 4.78 is 0. The van der Waals surface area contributed by atoms with Gasteiger partial charge < -0.3 is 15.0 Å². The maximum Gasteiger partial charge on any atom is 1.00 e. The van der Waals surface area contributed by atoms with Crippen molar-refractivity contribution in [3.8, 4) is 0 Å². The topological polar surface area (TPSA) is 77.4 Å². The molecule has 0 amide bonds. The molecule has 0 aliphatic rings. The van der Waals surface area contributed by atoms with Crippen molar-refractivity contribution < 1.29 is 49.4 Å². The number of hydrogen-bond donors (Lipinski definition) is 1. The molecule has 0 saturated heterocycles. The van der Waals surface area contributed by atoms with Gasteiger partial charge in [0.15, 0.2) is 0 Å². The number of rotatable bonds is 2. The fraction of sp³-hybridized carbons (Fsp3) is 0. The van der Waals surface area contributed by atoms with E-state index in [1.807, 2.05) is 0 Å². The molecule has 0 aliphatic carbocycles. The molecule has 76 valence electrons. The van der Waals surface area contributed by atoms with Gasteiger partial charge in [-0.3, -0.25) is 0 Å². The van der Waals surface area contributed by atoms with E-state index in [-0.39, 0.29) is 58.1 Å². The molecule has 7 heteroatoms. The second kappa shape index (κ2) is 7.09. The van der Waals surface area contributed by atoms with Gasteiger partial charge in [-0.05, 0) is 12.1 Å². The summed E-state index contributed by atoms with van der Waals surface area (Å²) >= 11 is 5.49. The Morgan fingerprint density at radius 3 is 2.20 bits per heavy atom. The number of carboxylic acids is 2. The summed E-state index contributed by atoms with van der Waals surface area (Å²) in [5, 5.41) is 19.2. The molecule has 4 nitrogen and oxygen atoms in total. The van der Waals surface area contributed by atoms with Gasteiger partial charge >= 0.3 is 35.5 Å². The van der Waals surface area contributed by atoms with Gasteiger partial charge in [-0.25, -0.2) is 4.79 Å². The van der Waals surface area contributed by atoms with Crippen LogP contribution in [0, 0.1) is 0 Å². The molecule has 0 fully saturated rings. The second-order valence-electron chi connectivity index (χ2n) is 2.28. The van der Waals surface area contributed by atoms with Gasteiger partial charge in [0.2, 0.25) is 0 Å². The largest absolute Gasteiger partial charge is 1.00 e. The zero-order valence-electron chi connectivity index (χ0n) is 7.69. The van der Waals surface area contributed by atoms with E-state index >= 15 is 0 Å². The second-order valence-corrected chi connectivity index (χ2v) is 2.72. The number of carbonyl (C=O) groups excluding carboxylic acids is 1. The zero-order chi connectivity index (χ0) is 10.0. The Morgan fingerprint density at radius 1 is 1.27 bits per heavy atom. The van der Waals surface area contributed by atoms with E-state index < -0.39 is 11.9 Å². The first-order valence-electron chi connectivity index (χ1n) is 3.26. The van der Waals surface area contributed by atoms with Gasteiger partial charge in [0, 0.05) is 10.6 Å². The van der Waals surface area contributed by atoms with Crippen molar-refractivity contribution in [2.45, 2.75) is 0 Å². The van der Waals surface area contributed by atoms with Crippen LogP contribution in [0.3, 0.4) is 0 Å². The maximum atomic E-state index is 10.5. The number of hydrogen-bond acceptors (Lipinski definition) is 3. The standard InChI is InChI=1S/C8H5ClO4.ClH.Na/c9-4-1-2-5(7(10)11)6(3-4)8(12)13;;/h1-3H,(H,10,11)(H,12,13);1H;/q;;+1/p-1. The Bertz CT molecular complexity index is 381. The molecule has 0 radical (unpaired) electrons. The van der Waals surface area contributed by atoms with E-state index in [1.54, 1.807) is 0 Å². The number of benzene rings is 1. The van der Waals surface area contributed by atoms with Crippen LogP contribution in [-0.4, -0.2) is 17.0 Å². The molecule has 1 rings (SSSR count). The van der Waals surface area contributed by atoms with Crippen LogP contribution in [0.1, 0.15) is 20.7 Å². The van der Waals surface area contributed by atoms with Crippen molar-refractivity contribution >= 4 is 35.9 Å². The van der Waals surface area contributed by atoms with Crippen LogP contribution >= 0.6 is 24.0 Å². The normalized spacial score (nSPS) is 8.33. The third-order valence-corrected chi connectivity index (χ3v) is 1.67.